The second-order valence-electron chi connectivity index (χ2n) is 4.11. The number of nitrogens with zero attached hydrogens (tertiary/aromatic N) is 2. The average molecular weight is 332 g/mol. The highest BCUT2D eigenvalue weighted by Crippen LogP contribution is 2.29. The minimum atomic E-state index is -0.289. The van der Waals surface area contributed by atoms with Gasteiger partial charge < -0.3 is 10.3 Å². The van der Waals surface area contributed by atoms with E-state index in [2.05, 4.69) is 34.1 Å². The minimum Gasteiger partial charge on any atom is -0.369 e. The fraction of sp³-hybridized carbons (Fsp3) is 0.417. The number of imidazole rings is 1. The van der Waals surface area contributed by atoms with Gasteiger partial charge in [-0.15, -0.1) is 0 Å². The first-order valence-corrected chi connectivity index (χ1v) is 7.88. The number of rotatable bonds is 4. The highest BCUT2D eigenvalue weighted by molar-refractivity contribution is 9.10. The van der Waals surface area contributed by atoms with Crippen molar-refractivity contribution in [2.45, 2.75) is 19.4 Å². The second-order valence-corrected chi connectivity index (χ2v) is 5.88. The average Bonchev–Trinajstić information content (AvgIpc) is 2.63. The molecule has 0 saturated heterocycles. The van der Waals surface area contributed by atoms with E-state index in [1.165, 1.54) is 6.07 Å². The summed E-state index contributed by atoms with van der Waals surface area (Å²) in [5.74, 6) is 1.09. The van der Waals surface area contributed by atoms with Gasteiger partial charge in [0.2, 0.25) is 5.95 Å². The molecule has 6 heteroatoms. The molecule has 3 nitrogen and oxygen atoms in total. The molecule has 1 aromatic carbocycles. The summed E-state index contributed by atoms with van der Waals surface area (Å²) in [6.45, 7) is 2.10. The van der Waals surface area contributed by atoms with E-state index in [1.807, 2.05) is 4.57 Å². The van der Waals surface area contributed by atoms with Crippen LogP contribution < -0.4 is 5.73 Å². The third kappa shape index (κ3) is 2.36. The molecule has 2 N–H and O–H groups in total. The van der Waals surface area contributed by atoms with E-state index in [0.717, 1.165) is 23.2 Å². The van der Waals surface area contributed by atoms with Crippen molar-refractivity contribution in [3.8, 4) is 0 Å². The van der Waals surface area contributed by atoms with Gasteiger partial charge in [0.25, 0.3) is 0 Å². The van der Waals surface area contributed by atoms with Gasteiger partial charge in [0.15, 0.2) is 0 Å². The van der Waals surface area contributed by atoms with Gasteiger partial charge >= 0.3 is 0 Å². The molecule has 2 aromatic rings. The van der Waals surface area contributed by atoms with E-state index >= 15 is 0 Å². The fourth-order valence-corrected chi connectivity index (χ4v) is 3.16. The zero-order valence-electron chi connectivity index (χ0n) is 10.3. The highest BCUT2D eigenvalue weighted by atomic mass is 79.9. The van der Waals surface area contributed by atoms with Gasteiger partial charge in [-0.3, -0.25) is 0 Å². The molecule has 0 aliphatic heterocycles. The Morgan fingerprint density at radius 3 is 2.89 bits per heavy atom. The molecule has 0 radical (unpaired) electrons. The molecular formula is C12H15BrFN3S. The lowest BCUT2D eigenvalue weighted by atomic mass is 10.2. The number of thioether (sulfide) groups is 1. The number of fused-ring (bicyclic) bond motifs is 1. The molecule has 1 atom stereocenters. The predicted octanol–water partition coefficient (Wildman–Crippen LogP) is 3.83. The molecule has 0 saturated carbocycles. The standard InChI is InChI=1S/C12H15BrFN3S/c1-3-7(6-18-2)17-11-5-9(14)8(13)4-10(11)16-12(17)15/h4-5,7H,3,6H2,1-2H3,(H2,15,16). The smallest absolute Gasteiger partial charge is 0.201 e. The van der Waals surface area contributed by atoms with Gasteiger partial charge in [0, 0.05) is 17.9 Å². The molecule has 18 heavy (non-hydrogen) atoms. The first-order chi connectivity index (χ1) is 8.58. The van der Waals surface area contributed by atoms with Gasteiger partial charge in [-0.05, 0) is 34.7 Å². The lowest BCUT2D eigenvalue weighted by Crippen LogP contribution is -2.13. The molecule has 98 valence electrons. The van der Waals surface area contributed by atoms with Crippen molar-refractivity contribution in [1.29, 1.82) is 0 Å². The van der Waals surface area contributed by atoms with Crippen LogP contribution in [0.25, 0.3) is 11.0 Å². The number of aromatic nitrogens is 2. The van der Waals surface area contributed by atoms with E-state index in [9.17, 15) is 4.39 Å². The largest absolute Gasteiger partial charge is 0.369 e. The number of anilines is 1. The van der Waals surface area contributed by atoms with Crippen molar-refractivity contribution >= 4 is 44.7 Å². The van der Waals surface area contributed by atoms with Gasteiger partial charge in [-0.1, -0.05) is 6.92 Å². The Balaban J connectivity index is 2.62. The number of hydrogen-bond acceptors (Lipinski definition) is 3. The molecule has 1 aromatic heterocycles. The zero-order chi connectivity index (χ0) is 13.3. The van der Waals surface area contributed by atoms with Gasteiger partial charge in [0.1, 0.15) is 5.82 Å². The maximum atomic E-state index is 13.7. The van der Waals surface area contributed by atoms with Crippen molar-refractivity contribution < 1.29 is 4.39 Å². The SMILES string of the molecule is CCC(CSC)n1c(N)nc2cc(Br)c(F)cc21. The second kappa shape index (κ2) is 5.48. The summed E-state index contributed by atoms with van der Waals surface area (Å²) in [6, 6.07) is 3.40. The Morgan fingerprint density at radius 2 is 2.28 bits per heavy atom. The van der Waals surface area contributed by atoms with Crippen LogP contribution in [0, 0.1) is 5.82 Å². The van der Waals surface area contributed by atoms with Crippen molar-refractivity contribution in [3.05, 3.63) is 22.4 Å². The third-order valence-electron chi connectivity index (χ3n) is 2.95. The predicted molar refractivity (Wildman–Crippen MR) is 79.5 cm³/mol. The summed E-state index contributed by atoms with van der Waals surface area (Å²) in [5, 5.41) is 0. The van der Waals surface area contributed by atoms with Gasteiger partial charge in [-0.25, -0.2) is 9.37 Å². The maximum absolute atomic E-state index is 13.7. The van der Waals surface area contributed by atoms with Gasteiger partial charge in [-0.2, -0.15) is 11.8 Å². The number of hydrogen-bond donors (Lipinski definition) is 1. The summed E-state index contributed by atoms with van der Waals surface area (Å²) in [7, 11) is 0. The first kappa shape index (κ1) is 13.7. The van der Waals surface area contributed by atoms with Crippen LogP contribution >= 0.6 is 27.7 Å². The molecule has 0 aliphatic carbocycles. The van der Waals surface area contributed by atoms with Crippen LogP contribution in [0.1, 0.15) is 19.4 Å². The van der Waals surface area contributed by atoms with Crippen LogP contribution in [0.2, 0.25) is 0 Å². The van der Waals surface area contributed by atoms with E-state index in [-0.39, 0.29) is 11.9 Å². The Kier molecular flexibility index (Phi) is 4.17. The van der Waals surface area contributed by atoms with Crippen LogP contribution in [0.15, 0.2) is 16.6 Å². The molecule has 0 bridgehead atoms. The van der Waals surface area contributed by atoms with E-state index in [0.29, 0.717) is 10.4 Å². The number of nitrogens with two attached hydrogens (primary N) is 1. The monoisotopic (exact) mass is 331 g/mol. The quantitative estimate of drug-likeness (QED) is 0.925. The Labute approximate surface area is 118 Å². The lowest BCUT2D eigenvalue weighted by Gasteiger charge is -2.18. The van der Waals surface area contributed by atoms with Crippen LogP contribution in [0.5, 0.6) is 0 Å². The summed E-state index contributed by atoms with van der Waals surface area (Å²) in [4.78, 5) is 4.30. The summed E-state index contributed by atoms with van der Waals surface area (Å²) < 4.78 is 16.0. The zero-order valence-corrected chi connectivity index (χ0v) is 12.7. The highest BCUT2D eigenvalue weighted by Gasteiger charge is 2.17. The van der Waals surface area contributed by atoms with E-state index in [1.54, 1.807) is 17.8 Å². The van der Waals surface area contributed by atoms with Crippen molar-refractivity contribution in [3.63, 3.8) is 0 Å². The van der Waals surface area contributed by atoms with Crippen molar-refractivity contribution in [1.82, 2.24) is 9.55 Å². The topological polar surface area (TPSA) is 43.8 Å². The molecule has 0 fully saturated rings. The van der Waals surface area contributed by atoms with Gasteiger partial charge in [0.05, 0.1) is 15.5 Å². The molecular weight excluding hydrogens is 317 g/mol. The summed E-state index contributed by atoms with van der Waals surface area (Å²) >= 11 is 4.92. The van der Waals surface area contributed by atoms with E-state index in [4.69, 9.17) is 5.73 Å². The van der Waals surface area contributed by atoms with Crippen LogP contribution in [0.3, 0.4) is 0 Å². The first-order valence-electron chi connectivity index (χ1n) is 5.69. The normalized spacial score (nSPS) is 13.1. The Bertz CT molecular complexity index is 570. The number of halogens is 2. The summed E-state index contributed by atoms with van der Waals surface area (Å²) in [6.07, 6.45) is 2.99. The number of benzene rings is 1. The number of nitrogen functional groups attached to an aromatic ring is 1. The van der Waals surface area contributed by atoms with Crippen molar-refractivity contribution in [2.24, 2.45) is 0 Å². The fourth-order valence-electron chi connectivity index (χ4n) is 2.06. The molecule has 0 spiro atoms. The summed E-state index contributed by atoms with van der Waals surface area (Å²) in [5.41, 5.74) is 7.45. The maximum Gasteiger partial charge on any atom is 0.201 e. The van der Waals surface area contributed by atoms with Crippen LogP contribution in [-0.2, 0) is 0 Å². The molecule has 2 rings (SSSR count). The molecule has 0 amide bonds. The minimum absolute atomic E-state index is 0.241. The van der Waals surface area contributed by atoms with Crippen molar-refractivity contribution in [2.75, 3.05) is 17.7 Å². The molecule has 1 heterocycles. The molecule has 0 aliphatic rings. The third-order valence-corrected chi connectivity index (χ3v) is 4.28. The van der Waals surface area contributed by atoms with Crippen LogP contribution in [0.4, 0.5) is 10.3 Å². The molecule has 1 unspecified atom stereocenters. The Morgan fingerprint density at radius 1 is 1.56 bits per heavy atom. The lowest BCUT2D eigenvalue weighted by molar-refractivity contribution is 0.559. The van der Waals surface area contributed by atoms with E-state index < -0.39 is 0 Å². The Hall–Kier alpha value is -0.750. The van der Waals surface area contributed by atoms with Crippen LogP contribution in [-0.4, -0.2) is 21.6 Å².